The molecule has 0 aromatic heterocycles. The largest absolute Gasteiger partial charge is 0.508 e. The van der Waals surface area contributed by atoms with E-state index in [1.54, 1.807) is 32.0 Å². The lowest BCUT2D eigenvalue weighted by Crippen LogP contribution is -2.60. The number of phenols is 4. The highest BCUT2D eigenvalue weighted by Crippen LogP contribution is 2.57. The van der Waals surface area contributed by atoms with Crippen molar-refractivity contribution >= 4 is 11.6 Å². The summed E-state index contributed by atoms with van der Waals surface area (Å²) in [6.07, 6.45) is -8.41. The number of fused-ring (bicyclic) bond motifs is 4. The number of hydrogen-bond donors (Lipinski definition) is 8. The molecule has 0 unspecified atom stereocenters. The third-order valence-corrected chi connectivity index (χ3v) is 9.73. The van der Waals surface area contributed by atoms with Gasteiger partial charge in [0.1, 0.15) is 58.9 Å². The number of rotatable bonds is 5. The molecule has 1 saturated heterocycles. The molecular weight excluding hydrogens is 652 g/mol. The van der Waals surface area contributed by atoms with E-state index in [1.807, 2.05) is 0 Å². The van der Waals surface area contributed by atoms with E-state index in [1.165, 1.54) is 31.4 Å². The van der Waals surface area contributed by atoms with Gasteiger partial charge in [0.2, 0.25) is 17.9 Å². The molecule has 8 N–H and O–H groups in total. The molecule has 1 aliphatic heterocycles. The van der Waals surface area contributed by atoms with Gasteiger partial charge in [-0.2, -0.15) is 0 Å². The third-order valence-electron chi connectivity index (χ3n) is 9.73. The number of hydrogen-bond acceptors (Lipinski definition) is 13. The van der Waals surface area contributed by atoms with Gasteiger partial charge in [0.05, 0.1) is 36.0 Å². The van der Waals surface area contributed by atoms with Crippen LogP contribution in [0.1, 0.15) is 77.1 Å². The zero-order chi connectivity index (χ0) is 35.9. The topological polar surface area (TPSA) is 224 Å². The smallest absolute Gasteiger partial charge is 0.229 e. The predicted octanol–water partition coefficient (Wildman–Crippen LogP) is 2.37. The highest BCUT2D eigenvalue weighted by molar-refractivity contribution is 6.18. The fraction of sp³-hybridized carbons (Fsp3) is 0.297. The van der Waals surface area contributed by atoms with Gasteiger partial charge < -0.3 is 55.1 Å². The number of ether oxygens (including phenoxy) is 3. The number of aryl methyl sites for hydroxylation is 2. The maximum Gasteiger partial charge on any atom is 0.229 e. The molecule has 4 aromatic rings. The summed E-state index contributed by atoms with van der Waals surface area (Å²) in [7, 11) is 1.39. The summed E-state index contributed by atoms with van der Waals surface area (Å²) in [5, 5.41) is 86.0. The van der Waals surface area contributed by atoms with E-state index in [9.17, 15) is 50.4 Å². The summed E-state index contributed by atoms with van der Waals surface area (Å²) < 4.78 is 17.0. The minimum absolute atomic E-state index is 0.0802. The first-order valence-corrected chi connectivity index (χ1v) is 15.8. The van der Waals surface area contributed by atoms with E-state index in [-0.39, 0.29) is 56.4 Å². The fourth-order valence-corrected chi connectivity index (χ4v) is 7.60. The van der Waals surface area contributed by atoms with Gasteiger partial charge in [-0.1, -0.05) is 12.1 Å². The zero-order valence-corrected chi connectivity index (χ0v) is 27.0. The van der Waals surface area contributed by atoms with E-state index in [0.29, 0.717) is 22.3 Å². The normalized spacial score (nSPS) is 25.3. The Labute approximate surface area is 284 Å². The summed E-state index contributed by atoms with van der Waals surface area (Å²) in [5.41, 5.74) is 1.77. The molecule has 3 aliphatic rings. The highest BCUT2D eigenvalue weighted by atomic mass is 16.7. The molecule has 13 heteroatoms. The second-order valence-electron chi connectivity index (χ2n) is 12.9. The fourth-order valence-electron chi connectivity index (χ4n) is 7.60. The molecule has 7 rings (SSSR count). The average Bonchev–Trinajstić information content (AvgIpc) is 3.04. The first-order valence-electron chi connectivity index (χ1n) is 15.8. The van der Waals surface area contributed by atoms with Crippen LogP contribution < -0.4 is 9.47 Å². The standard InChI is InChI=1S/C37H34O13/c1-13-4-17-26(27-18-5-14(2)6-21(40)28(18)33(44)30-20(27)10-16(48-3)11-23(30)42)19-8-15(39)9-24(31(19)34(45)29(17)22(41)7-13)49-37-36(47)35(46)32(43)25(12-38)50-37/h4-11,25-27,32,35-43,46-47H,12H2,1-3H3/t25-,26-,27+,32-,35+,36-,37-/m1/s1. The first kappa shape index (κ1) is 33.3. The molecule has 260 valence electrons. The second-order valence-corrected chi connectivity index (χ2v) is 12.9. The van der Waals surface area contributed by atoms with Gasteiger partial charge in [0.15, 0.2) is 0 Å². The number of phenolic OH excluding ortho intramolecular Hbond substituents is 4. The number of methoxy groups -OCH3 is 1. The summed E-state index contributed by atoms with van der Waals surface area (Å²) in [5.74, 6) is -4.97. The van der Waals surface area contributed by atoms with Crippen LogP contribution in [-0.2, 0) is 4.74 Å². The van der Waals surface area contributed by atoms with Crippen LogP contribution >= 0.6 is 0 Å². The van der Waals surface area contributed by atoms with Crippen molar-refractivity contribution in [2.24, 2.45) is 0 Å². The molecule has 0 spiro atoms. The number of aromatic hydroxyl groups is 4. The lowest BCUT2D eigenvalue weighted by Gasteiger charge is -2.41. The number of aliphatic hydroxyl groups is 4. The summed E-state index contributed by atoms with van der Waals surface area (Å²) in [4.78, 5) is 28.5. The first-order chi connectivity index (χ1) is 23.7. The van der Waals surface area contributed by atoms with Crippen molar-refractivity contribution in [1.82, 2.24) is 0 Å². The van der Waals surface area contributed by atoms with Crippen LogP contribution in [0.5, 0.6) is 34.5 Å². The van der Waals surface area contributed by atoms with Crippen molar-refractivity contribution in [2.75, 3.05) is 13.7 Å². The Morgan fingerprint density at radius 2 is 1.14 bits per heavy atom. The summed E-state index contributed by atoms with van der Waals surface area (Å²) in [6, 6.07) is 11.5. The minimum atomic E-state index is -1.85. The molecule has 0 saturated carbocycles. The van der Waals surface area contributed by atoms with E-state index >= 15 is 0 Å². The molecule has 2 aliphatic carbocycles. The number of carbonyl (C=O) groups excluding carboxylic acids is 2. The van der Waals surface area contributed by atoms with Gasteiger partial charge in [-0.15, -0.1) is 0 Å². The Morgan fingerprint density at radius 1 is 0.640 bits per heavy atom. The minimum Gasteiger partial charge on any atom is -0.508 e. The summed E-state index contributed by atoms with van der Waals surface area (Å²) >= 11 is 0. The molecule has 7 atom stereocenters. The molecule has 4 aromatic carbocycles. The Kier molecular flexibility index (Phi) is 8.00. The summed E-state index contributed by atoms with van der Waals surface area (Å²) in [6.45, 7) is 2.69. The lowest BCUT2D eigenvalue weighted by atomic mass is 9.63. The Morgan fingerprint density at radius 3 is 1.68 bits per heavy atom. The van der Waals surface area contributed by atoms with E-state index in [2.05, 4.69) is 0 Å². The molecule has 1 heterocycles. The van der Waals surface area contributed by atoms with Gasteiger partial charge in [-0.25, -0.2) is 0 Å². The van der Waals surface area contributed by atoms with Crippen LogP contribution in [0.2, 0.25) is 0 Å². The third kappa shape index (κ3) is 4.96. The Hall–Kier alpha value is -5.18. The molecule has 0 amide bonds. The zero-order valence-electron chi connectivity index (χ0n) is 27.0. The van der Waals surface area contributed by atoms with Crippen molar-refractivity contribution in [3.8, 4) is 34.5 Å². The molecule has 13 nitrogen and oxygen atoms in total. The lowest BCUT2D eigenvalue weighted by molar-refractivity contribution is -0.277. The van der Waals surface area contributed by atoms with E-state index in [0.717, 1.165) is 6.07 Å². The van der Waals surface area contributed by atoms with E-state index < -0.39 is 72.2 Å². The van der Waals surface area contributed by atoms with Gasteiger partial charge in [0.25, 0.3) is 0 Å². The average molecular weight is 687 g/mol. The van der Waals surface area contributed by atoms with Crippen LogP contribution in [0.15, 0.2) is 48.5 Å². The number of benzene rings is 4. The molecule has 0 bridgehead atoms. The van der Waals surface area contributed by atoms with Gasteiger partial charge in [-0.3, -0.25) is 9.59 Å². The Bertz CT molecular complexity index is 2090. The predicted molar refractivity (Wildman–Crippen MR) is 173 cm³/mol. The van der Waals surface area contributed by atoms with Crippen LogP contribution in [0.4, 0.5) is 0 Å². The van der Waals surface area contributed by atoms with Crippen molar-refractivity contribution in [3.05, 3.63) is 104 Å². The van der Waals surface area contributed by atoms with E-state index in [4.69, 9.17) is 14.2 Å². The number of ketones is 2. The van der Waals surface area contributed by atoms with Crippen molar-refractivity contribution in [2.45, 2.75) is 56.4 Å². The molecular formula is C37H34O13. The van der Waals surface area contributed by atoms with Crippen molar-refractivity contribution in [1.29, 1.82) is 0 Å². The number of carbonyl (C=O) groups is 2. The number of aliphatic hydroxyl groups excluding tert-OH is 4. The maximum absolute atomic E-state index is 14.5. The Balaban J connectivity index is 1.53. The monoisotopic (exact) mass is 686 g/mol. The molecule has 0 radical (unpaired) electrons. The van der Waals surface area contributed by atoms with Gasteiger partial charge in [0, 0.05) is 24.0 Å². The van der Waals surface area contributed by atoms with Crippen molar-refractivity contribution in [3.63, 3.8) is 0 Å². The van der Waals surface area contributed by atoms with Gasteiger partial charge >= 0.3 is 0 Å². The second kappa shape index (κ2) is 12.0. The molecule has 50 heavy (non-hydrogen) atoms. The maximum atomic E-state index is 14.5. The van der Waals surface area contributed by atoms with Crippen molar-refractivity contribution < 1.29 is 64.7 Å². The van der Waals surface area contributed by atoms with Crippen LogP contribution in [-0.4, -0.2) is 96.8 Å². The molecule has 1 fully saturated rings. The van der Waals surface area contributed by atoms with Crippen LogP contribution in [0.3, 0.4) is 0 Å². The quantitative estimate of drug-likeness (QED) is 0.151. The van der Waals surface area contributed by atoms with Gasteiger partial charge in [-0.05, 0) is 71.5 Å². The van der Waals surface area contributed by atoms with Crippen LogP contribution in [0, 0.1) is 13.8 Å². The SMILES string of the molecule is COc1cc(O)c2c(c1)[C@@H]([C@@H]1c3cc(C)cc(O)c3C(=O)c3c(O[C@@H]4O[C@H](CO)[C@@H](O)[C@H](O)[C@H]4O)cc(O)cc31)c1cc(C)cc(O)c1C2=O. The highest BCUT2D eigenvalue weighted by Gasteiger charge is 2.48. The van der Waals surface area contributed by atoms with Crippen LogP contribution in [0.25, 0.3) is 0 Å².